The molecule has 0 radical (unpaired) electrons. The summed E-state index contributed by atoms with van der Waals surface area (Å²) < 4.78 is 0. The first-order chi connectivity index (χ1) is 10.9. The first kappa shape index (κ1) is 15.6. The number of hydrogen-bond donors (Lipinski definition) is 0. The van der Waals surface area contributed by atoms with Gasteiger partial charge in [0.15, 0.2) is 11.6 Å². The van der Waals surface area contributed by atoms with Crippen LogP contribution in [0.2, 0.25) is 0 Å². The van der Waals surface area contributed by atoms with Crippen LogP contribution in [0.4, 0.5) is 0 Å². The molecule has 0 aliphatic carbocycles. The standard InChI is InChI=1S/C20H21NO2/c1-20(2,3)21-16(18(22)14-10-6-4-7-11-14)17(21)19(23)15-12-8-5-9-13-15/h4-13,16-17H,1-3H3. The minimum atomic E-state index is -0.370. The molecule has 2 atom stereocenters. The molecule has 2 aromatic carbocycles. The quantitative estimate of drug-likeness (QED) is 0.640. The lowest BCUT2D eigenvalue weighted by Crippen LogP contribution is -2.31. The predicted molar refractivity (Wildman–Crippen MR) is 90.7 cm³/mol. The number of ketones is 2. The highest BCUT2D eigenvalue weighted by Gasteiger charge is 2.60. The van der Waals surface area contributed by atoms with E-state index in [1.165, 1.54) is 0 Å². The van der Waals surface area contributed by atoms with Crippen molar-refractivity contribution in [2.45, 2.75) is 38.4 Å². The lowest BCUT2D eigenvalue weighted by atomic mass is 10.0. The zero-order valence-electron chi connectivity index (χ0n) is 13.7. The molecular weight excluding hydrogens is 286 g/mol. The maximum absolute atomic E-state index is 12.8. The van der Waals surface area contributed by atoms with Crippen LogP contribution in [-0.4, -0.2) is 34.1 Å². The Balaban J connectivity index is 1.90. The van der Waals surface area contributed by atoms with E-state index in [-0.39, 0.29) is 29.2 Å². The molecule has 0 bridgehead atoms. The third-order valence-corrected chi connectivity index (χ3v) is 4.24. The van der Waals surface area contributed by atoms with Crippen LogP contribution < -0.4 is 0 Å². The van der Waals surface area contributed by atoms with Crippen LogP contribution in [0.1, 0.15) is 41.5 Å². The summed E-state index contributed by atoms with van der Waals surface area (Å²) in [5.74, 6) is 0.0459. The number of nitrogens with zero attached hydrogens (tertiary/aromatic N) is 1. The SMILES string of the molecule is CC(C)(C)N1C(C(=O)c2ccccc2)C1C(=O)c1ccccc1. The van der Waals surface area contributed by atoms with E-state index in [0.717, 1.165) is 0 Å². The third-order valence-electron chi connectivity index (χ3n) is 4.24. The molecule has 3 heteroatoms. The average Bonchev–Trinajstić information content (AvgIpc) is 3.31. The molecule has 1 aliphatic heterocycles. The van der Waals surface area contributed by atoms with Crippen LogP contribution in [0.15, 0.2) is 60.7 Å². The van der Waals surface area contributed by atoms with E-state index in [9.17, 15) is 9.59 Å². The molecule has 0 N–H and O–H groups in total. The summed E-state index contributed by atoms with van der Waals surface area (Å²) in [6, 6.07) is 17.7. The van der Waals surface area contributed by atoms with E-state index >= 15 is 0 Å². The van der Waals surface area contributed by atoms with Gasteiger partial charge in [-0.2, -0.15) is 0 Å². The number of rotatable bonds is 4. The molecule has 0 aromatic heterocycles. The molecule has 2 unspecified atom stereocenters. The summed E-state index contributed by atoms with van der Waals surface area (Å²) in [5, 5.41) is 0. The van der Waals surface area contributed by atoms with Crippen LogP contribution in [0.3, 0.4) is 0 Å². The second kappa shape index (κ2) is 5.74. The van der Waals surface area contributed by atoms with E-state index in [2.05, 4.69) is 0 Å². The van der Waals surface area contributed by atoms with E-state index in [1.807, 2.05) is 86.3 Å². The summed E-state index contributed by atoms with van der Waals surface area (Å²) in [7, 11) is 0. The van der Waals surface area contributed by atoms with Crippen molar-refractivity contribution < 1.29 is 9.59 Å². The van der Waals surface area contributed by atoms with Crippen molar-refractivity contribution in [2.75, 3.05) is 0 Å². The summed E-state index contributed by atoms with van der Waals surface area (Å²) in [4.78, 5) is 27.6. The Morgan fingerprint density at radius 3 is 1.39 bits per heavy atom. The third kappa shape index (κ3) is 2.97. The molecule has 3 nitrogen and oxygen atoms in total. The first-order valence-corrected chi connectivity index (χ1v) is 7.88. The Labute approximate surface area is 136 Å². The normalized spacial score (nSPS) is 23.3. The van der Waals surface area contributed by atoms with Gasteiger partial charge in [0.05, 0.1) is 12.1 Å². The molecule has 1 saturated heterocycles. The molecular formula is C20H21NO2. The van der Waals surface area contributed by atoms with Crippen LogP contribution in [0.25, 0.3) is 0 Å². The van der Waals surface area contributed by atoms with Crippen molar-refractivity contribution in [3.63, 3.8) is 0 Å². The number of carbonyl (C=O) groups is 2. The van der Waals surface area contributed by atoms with Crippen molar-refractivity contribution in [3.05, 3.63) is 71.8 Å². The highest BCUT2D eigenvalue weighted by molar-refractivity contribution is 6.12. The Morgan fingerprint density at radius 1 is 0.739 bits per heavy atom. The van der Waals surface area contributed by atoms with Gasteiger partial charge in [0.2, 0.25) is 0 Å². The fourth-order valence-electron chi connectivity index (χ4n) is 3.15. The van der Waals surface area contributed by atoms with Gasteiger partial charge in [0.1, 0.15) is 0 Å². The van der Waals surface area contributed by atoms with Crippen molar-refractivity contribution in [1.29, 1.82) is 0 Å². The molecule has 23 heavy (non-hydrogen) atoms. The monoisotopic (exact) mass is 307 g/mol. The average molecular weight is 307 g/mol. The second-order valence-electron chi connectivity index (χ2n) is 6.93. The molecule has 1 fully saturated rings. The number of carbonyl (C=O) groups excluding carboxylic acids is 2. The molecule has 0 amide bonds. The number of hydrogen-bond acceptors (Lipinski definition) is 3. The van der Waals surface area contributed by atoms with Crippen LogP contribution >= 0.6 is 0 Å². The lowest BCUT2D eigenvalue weighted by molar-refractivity contribution is 0.0948. The Bertz CT molecular complexity index is 659. The molecule has 0 spiro atoms. The lowest BCUT2D eigenvalue weighted by Gasteiger charge is -2.21. The van der Waals surface area contributed by atoms with Gasteiger partial charge in [-0.25, -0.2) is 0 Å². The zero-order valence-corrected chi connectivity index (χ0v) is 13.7. The molecule has 118 valence electrons. The van der Waals surface area contributed by atoms with Gasteiger partial charge in [-0.05, 0) is 20.8 Å². The van der Waals surface area contributed by atoms with E-state index in [0.29, 0.717) is 11.1 Å². The Hall–Kier alpha value is -2.26. The molecule has 3 rings (SSSR count). The highest BCUT2D eigenvalue weighted by Crippen LogP contribution is 2.40. The largest absolute Gasteiger partial charge is 0.292 e. The van der Waals surface area contributed by atoms with Gasteiger partial charge >= 0.3 is 0 Å². The fourth-order valence-corrected chi connectivity index (χ4v) is 3.15. The van der Waals surface area contributed by atoms with Crippen LogP contribution in [-0.2, 0) is 0 Å². The molecule has 1 heterocycles. The van der Waals surface area contributed by atoms with Gasteiger partial charge in [0.25, 0.3) is 0 Å². The summed E-state index contributed by atoms with van der Waals surface area (Å²) in [5.41, 5.74) is 1.09. The Morgan fingerprint density at radius 2 is 1.09 bits per heavy atom. The van der Waals surface area contributed by atoms with Crippen molar-refractivity contribution >= 4 is 11.6 Å². The second-order valence-corrected chi connectivity index (χ2v) is 6.93. The van der Waals surface area contributed by atoms with Crippen LogP contribution in [0, 0.1) is 0 Å². The van der Waals surface area contributed by atoms with E-state index in [1.54, 1.807) is 0 Å². The van der Waals surface area contributed by atoms with E-state index in [4.69, 9.17) is 0 Å². The fraction of sp³-hybridized carbons (Fsp3) is 0.300. The summed E-state index contributed by atoms with van der Waals surface area (Å²) in [6.07, 6.45) is 0. The number of Topliss-reactive ketones (excluding diaryl/α,β-unsaturated/α-hetero) is 2. The smallest absolute Gasteiger partial charge is 0.182 e. The Kier molecular flexibility index (Phi) is 3.90. The van der Waals surface area contributed by atoms with Gasteiger partial charge < -0.3 is 0 Å². The molecule has 1 aliphatic rings. The first-order valence-electron chi connectivity index (χ1n) is 7.88. The minimum absolute atomic E-state index is 0.0230. The van der Waals surface area contributed by atoms with Gasteiger partial charge in [0, 0.05) is 16.7 Å². The molecule has 0 saturated carbocycles. The predicted octanol–water partition coefficient (Wildman–Crippen LogP) is 3.60. The minimum Gasteiger partial charge on any atom is -0.292 e. The summed E-state index contributed by atoms with van der Waals surface area (Å²) in [6.45, 7) is 6.11. The maximum Gasteiger partial charge on any atom is 0.182 e. The number of benzene rings is 2. The van der Waals surface area contributed by atoms with E-state index < -0.39 is 0 Å². The van der Waals surface area contributed by atoms with Gasteiger partial charge in [-0.3, -0.25) is 14.5 Å². The van der Waals surface area contributed by atoms with Crippen molar-refractivity contribution in [2.24, 2.45) is 0 Å². The van der Waals surface area contributed by atoms with Crippen LogP contribution in [0.5, 0.6) is 0 Å². The highest BCUT2D eigenvalue weighted by atomic mass is 16.1. The van der Waals surface area contributed by atoms with Crippen molar-refractivity contribution in [3.8, 4) is 0 Å². The molecule has 2 aromatic rings. The topological polar surface area (TPSA) is 37.1 Å². The maximum atomic E-state index is 12.8. The van der Waals surface area contributed by atoms with Crippen molar-refractivity contribution in [1.82, 2.24) is 4.90 Å². The van der Waals surface area contributed by atoms with Gasteiger partial charge in [-0.1, -0.05) is 60.7 Å². The zero-order chi connectivity index (χ0) is 16.6. The summed E-state index contributed by atoms with van der Waals surface area (Å²) >= 11 is 0. The van der Waals surface area contributed by atoms with Gasteiger partial charge in [-0.15, -0.1) is 0 Å².